The normalized spacial score (nSPS) is 26.2. The van der Waals surface area contributed by atoms with Gasteiger partial charge < -0.3 is 9.64 Å². The van der Waals surface area contributed by atoms with Crippen molar-refractivity contribution in [1.82, 2.24) is 9.80 Å². The summed E-state index contributed by atoms with van der Waals surface area (Å²) in [5, 5.41) is 9.15. The van der Waals surface area contributed by atoms with Gasteiger partial charge in [-0.2, -0.15) is 5.26 Å². The molecular formula is C22H29N3O3. The van der Waals surface area contributed by atoms with E-state index in [-0.39, 0.29) is 18.4 Å². The molecule has 0 radical (unpaired) electrons. The van der Waals surface area contributed by atoms with E-state index in [2.05, 4.69) is 36.1 Å². The number of methoxy groups -OCH3 is 1. The number of ether oxygens (including phenoxy) is 1. The SMILES string of the molecule is COC(=O)[C@@H](CC#N)N1CCC(CCc2ccccc2)N2C[C@H](C)C[C@H]2C1=O. The topological polar surface area (TPSA) is 73.6 Å². The Kier molecular flexibility index (Phi) is 6.69. The van der Waals surface area contributed by atoms with Crippen molar-refractivity contribution in [2.45, 2.75) is 57.2 Å². The average Bonchev–Trinajstić information content (AvgIpc) is 3.05. The molecule has 0 aliphatic carbocycles. The summed E-state index contributed by atoms with van der Waals surface area (Å²) in [6.07, 6.45) is 3.53. The zero-order chi connectivity index (χ0) is 20.1. The van der Waals surface area contributed by atoms with E-state index in [4.69, 9.17) is 10.00 Å². The third kappa shape index (κ3) is 4.36. The van der Waals surface area contributed by atoms with Crippen molar-refractivity contribution in [2.24, 2.45) is 5.92 Å². The third-order valence-electron chi connectivity index (χ3n) is 6.03. The van der Waals surface area contributed by atoms with E-state index in [1.807, 2.05) is 12.1 Å². The van der Waals surface area contributed by atoms with Gasteiger partial charge in [-0.1, -0.05) is 37.3 Å². The second-order valence-corrected chi connectivity index (χ2v) is 7.95. The van der Waals surface area contributed by atoms with Crippen LogP contribution < -0.4 is 0 Å². The van der Waals surface area contributed by atoms with E-state index < -0.39 is 12.0 Å². The molecule has 3 rings (SSSR count). The highest BCUT2D eigenvalue weighted by atomic mass is 16.5. The lowest BCUT2D eigenvalue weighted by atomic mass is 10.0. The van der Waals surface area contributed by atoms with E-state index in [1.165, 1.54) is 12.7 Å². The first-order chi connectivity index (χ1) is 13.5. The van der Waals surface area contributed by atoms with Crippen LogP contribution in [0, 0.1) is 17.2 Å². The van der Waals surface area contributed by atoms with Crippen LogP contribution in [0.25, 0.3) is 0 Å². The summed E-state index contributed by atoms with van der Waals surface area (Å²) in [5.74, 6) is -0.0897. The van der Waals surface area contributed by atoms with Crippen molar-refractivity contribution in [1.29, 1.82) is 5.26 Å². The number of benzene rings is 1. The maximum absolute atomic E-state index is 13.3. The van der Waals surface area contributed by atoms with Crippen LogP contribution in [0.3, 0.4) is 0 Å². The number of amides is 1. The number of fused-ring (bicyclic) bond motifs is 1. The Labute approximate surface area is 167 Å². The zero-order valence-corrected chi connectivity index (χ0v) is 16.7. The number of nitrogens with zero attached hydrogens (tertiary/aromatic N) is 3. The highest BCUT2D eigenvalue weighted by Gasteiger charge is 2.45. The molecule has 1 aromatic carbocycles. The molecule has 150 valence electrons. The van der Waals surface area contributed by atoms with E-state index in [1.54, 1.807) is 4.90 Å². The Morgan fingerprint density at radius 3 is 2.79 bits per heavy atom. The largest absolute Gasteiger partial charge is 0.467 e. The summed E-state index contributed by atoms with van der Waals surface area (Å²) in [5.41, 5.74) is 1.30. The summed E-state index contributed by atoms with van der Waals surface area (Å²) in [6, 6.07) is 11.7. The van der Waals surface area contributed by atoms with Crippen molar-refractivity contribution in [2.75, 3.05) is 20.2 Å². The first kappa shape index (κ1) is 20.3. The molecule has 2 heterocycles. The number of rotatable bonds is 6. The first-order valence-electron chi connectivity index (χ1n) is 10.1. The van der Waals surface area contributed by atoms with Crippen LogP contribution in [-0.2, 0) is 20.7 Å². The van der Waals surface area contributed by atoms with Gasteiger partial charge in [-0.3, -0.25) is 9.69 Å². The molecule has 2 saturated heterocycles. The molecule has 1 unspecified atom stereocenters. The number of hydrogen-bond acceptors (Lipinski definition) is 5. The molecule has 1 aromatic rings. The average molecular weight is 383 g/mol. The number of carbonyl (C=O) groups excluding carboxylic acids is 2. The summed E-state index contributed by atoms with van der Waals surface area (Å²) < 4.78 is 4.87. The molecule has 2 aliphatic heterocycles. The van der Waals surface area contributed by atoms with Gasteiger partial charge in [0.25, 0.3) is 0 Å². The van der Waals surface area contributed by atoms with Crippen molar-refractivity contribution in [3.8, 4) is 6.07 Å². The lowest BCUT2D eigenvalue weighted by Gasteiger charge is -2.31. The number of esters is 1. The Morgan fingerprint density at radius 1 is 1.36 bits per heavy atom. The molecule has 6 nitrogen and oxygen atoms in total. The summed E-state index contributed by atoms with van der Waals surface area (Å²) in [6.45, 7) is 3.57. The van der Waals surface area contributed by atoms with Gasteiger partial charge in [0.1, 0.15) is 6.04 Å². The lowest BCUT2D eigenvalue weighted by molar-refractivity contribution is -0.153. The van der Waals surface area contributed by atoms with Crippen molar-refractivity contribution < 1.29 is 14.3 Å². The Morgan fingerprint density at radius 2 is 2.11 bits per heavy atom. The van der Waals surface area contributed by atoms with E-state index in [9.17, 15) is 9.59 Å². The van der Waals surface area contributed by atoms with E-state index >= 15 is 0 Å². The number of carbonyl (C=O) groups is 2. The quantitative estimate of drug-likeness (QED) is 0.705. The smallest absolute Gasteiger partial charge is 0.329 e. The van der Waals surface area contributed by atoms with Gasteiger partial charge in [0, 0.05) is 19.1 Å². The third-order valence-corrected chi connectivity index (χ3v) is 6.03. The van der Waals surface area contributed by atoms with Gasteiger partial charge >= 0.3 is 5.97 Å². The van der Waals surface area contributed by atoms with Crippen molar-refractivity contribution in [3.63, 3.8) is 0 Å². The fourth-order valence-electron chi connectivity index (χ4n) is 4.62. The Balaban J connectivity index is 1.79. The molecule has 0 saturated carbocycles. The molecule has 0 N–H and O–H groups in total. The fourth-order valence-corrected chi connectivity index (χ4v) is 4.62. The highest BCUT2D eigenvalue weighted by molar-refractivity contribution is 5.88. The van der Waals surface area contributed by atoms with Crippen molar-refractivity contribution >= 4 is 11.9 Å². The second kappa shape index (κ2) is 9.20. The molecule has 28 heavy (non-hydrogen) atoms. The van der Waals surface area contributed by atoms with Crippen molar-refractivity contribution in [3.05, 3.63) is 35.9 Å². The van der Waals surface area contributed by atoms with Gasteiger partial charge in [0.2, 0.25) is 5.91 Å². The minimum Gasteiger partial charge on any atom is -0.467 e. The molecular weight excluding hydrogens is 354 g/mol. The maximum atomic E-state index is 13.3. The number of nitriles is 1. The molecule has 4 atom stereocenters. The second-order valence-electron chi connectivity index (χ2n) is 7.95. The predicted octanol–water partition coefficient (Wildman–Crippen LogP) is 2.39. The minimum atomic E-state index is -0.812. The number of hydrogen-bond donors (Lipinski definition) is 0. The van der Waals surface area contributed by atoms with Gasteiger partial charge in [-0.15, -0.1) is 0 Å². The van der Waals surface area contributed by atoms with Crippen LogP contribution in [0.15, 0.2) is 30.3 Å². The zero-order valence-electron chi connectivity index (χ0n) is 16.7. The van der Waals surface area contributed by atoms with Crippen LogP contribution >= 0.6 is 0 Å². The van der Waals surface area contributed by atoms with Gasteiger partial charge in [-0.05, 0) is 37.2 Å². The molecule has 2 fully saturated rings. The predicted molar refractivity (Wildman–Crippen MR) is 105 cm³/mol. The molecule has 0 spiro atoms. The Hall–Kier alpha value is -2.39. The van der Waals surface area contributed by atoms with Gasteiger partial charge in [0.15, 0.2) is 0 Å². The fraction of sp³-hybridized carbons (Fsp3) is 0.591. The monoisotopic (exact) mass is 383 g/mol. The summed E-state index contributed by atoms with van der Waals surface area (Å²) >= 11 is 0. The molecule has 2 aliphatic rings. The molecule has 0 aromatic heterocycles. The molecule has 6 heteroatoms. The lowest BCUT2D eigenvalue weighted by Crippen LogP contribution is -2.50. The molecule has 1 amide bonds. The summed E-state index contributed by atoms with van der Waals surface area (Å²) in [4.78, 5) is 29.5. The highest BCUT2D eigenvalue weighted by Crippen LogP contribution is 2.33. The van der Waals surface area contributed by atoms with Crippen LogP contribution in [0.2, 0.25) is 0 Å². The summed E-state index contributed by atoms with van der Waals surface area (Å²) in [7, 11) is 1.31. The van der Waals surface area contributed by atoms with Gasteiger partial charge in [-0.25, -0.2) is 4.79 Å². The maximum Gasteiger partial charge on any atom is 0.329 e. The van der Waals surface area contributed by atoms with E-state index in [0.717, 1.165) is 32.2 Å². The standard InChI is InChI=1S/C22H29N3O3/c1-16-14-20-21(26)24(19(10-12-23)22(27)28-2)13-11-18(25(20)15-16)9-8-17-6-4-3-5-7-17/h3-7,16,18-20H,8-11,13-15H2,1-2H3/t16-,18?,19-,20+/m1/s1. The van der Waals surface area contributed by atoms with Crippen LogP contribution in [0.1, 0.15) is 38.2 Å². The molecule has 0 bridgehead atoms. The Bertz CT molecular complexity index is 730. The number of aryl methyl sites for hydroxylation is 1. The van der Waals surface area contributed by atoms with Crippen LogP contribution in [0.4, 0.5) is 0 Å². The first-order valence-corrected chi connectivity index (χ1v) is 10.1. The van der Waals surface area contributed by atoms with Crippen LogP contribution in [-0.4, -0.2) is 60.0 Å². The van der Waals surface area contributed by atoms with Crippen LogP contribution in [0.5, 0.6) is 0 Å². The minimum absolute atomic E-state index is 0.0304. The van der Waals surface area contributed by atoms with Gasteiger partial charge in [0.05, 0.1) is 25.6 Å². The van der Waals surface area contributed by atoms with E-state index in [0.29, 0.717) is 18.5 Å².